The van der Waals surface area contributed by atoms with Crippen molar-refractivity contribution >= 4 is 11.3 Å². The van der Waals surface area contributed by atoms with Crippen LogP contribution in [0.5, 0.6) is 0 Å². The van der Waals surface area contributed by atoms with Crippen molar-refractivity contribution in [3.05, 3.63) is 51.5 Å². The van der Waals surface area contributed by atoms with Crippen molar-refractivity contribution in [3.63, 3.8) is 0 Å². The average Bonchev–Trinajstić information content (AvgIpc) is 2.77. The first-order valence-corrected chi connectivity index (χ1v) is 6.68. The molecule has 0 aliphatic rings. The van der Waals surface area contributed by atoms with Crippen LogP contribution >= 0.6 is 11.3 Å². The van der Waals surface area contributed by atoms with Crippen molar-refractivity contribution in [2.75, 3.05) is 0 Å². The van der Waals surface area contributed by atoms with Gasteiger partial charge in [0.25, 0.3) is 0 Å². The molecular formula is C14H17NOS. The smallest absolute Gasteiger partial charge is 0.0841 e. The fourth-order valence-electron chi connectivity index (χ4n) is 1.88. The second-order valence-corrected chi connectivity index (χ2v) is 5.43. The number of nitrogens with zero attached hydrogens (tertiary/aromatic N) is 1. The summed E-state index contributed by atoms with van der Waals surface area (Å²) < 4.78 is 0. The van der Waals surface area contributed by atoms with Crippen molar-refractivity contribution in [2.24, 2.45) is 0 Å². The van der Waals surface area contributed by atoms with Crippen LogP contribution in [0.4, 0.5) is 0 Å². The molecule has 0 aliphatic carbocycles. The van der Waals surface area contributed by atoms with Gasteiger partial charge < -0.3 is 5.11 Å². The zero-order valence-electron chi connectivity index (χ0n) is 10.2. The van der Waals surface area contributed by atoms with E-state index in [0.717, 1.165) is 17.5 Å². The highest BCUT2D eigenvalue weighted by molar-refractivity contribution is 7.11. The van der Waals surface area contributed by atoms with Crippen molar-refractivity contribution < 1.29 is 5.11 Å². The Morgan fingerprint density at radius 1 is 1.29 bits per heavy atom. The average molecular weight is 247 g/mol. The monoisotopic (exact) mass is 247 g/mol. The van der Waals surface area contributed by atoms with E-state index in [4.69, 9.17) is 0 Å². The molecule has 0 saturated carbocycles. The molecule has 2 aromatic heterocycles. The molecular weight excluding hydrogens is 230 g/mol. The molecule has 0 spiro atoms. The summed E-state index contributed by atoms with van der Waals surface area (Å²) in [6, 6.07) is 6.16. The van der Waals surface area contributed by atoms with Crippen LogP contribution in [0.25, 0.3) is 0 Å². The Balaban J connectivity index is 2.11. The minimum Gasteiger partial charge on any atom is -0.388 e. The fourth-order valence-corrected chi connectivity index (χ4v) is 2.88. The van der Waals surface area contributed by atoms with E-state index >= 15 is 0 Å². The van der Waals surface area contributed by atoms with Gasteiger partial charge >= 0.3 is 0 Å². The van der Waals surface area contributed by atoms with E-state index < -0.39 is 6.10 Å². The number of aliphatic hydroxyl groups is 1. The number of thiophene rings is 1. The Morgan fingerprint density at radius 3 is 2.71 bits per heavy atom. The minimum absolute atomic E-state index is 0.429. The molecule has 90 valence electrons. The molecule has 0 radical (unpaired) electrons. The lowest BCUT2D eigenvalue weighted by Crippen LogP contribution is -2.03. The molecule has 1 unspecified atom stereocenters. The van der Waals surface area contributed by atoms with Crippen LogP contribution < -0.4 is 0 Å². The van der Waals surface area contributed by atoms with Gasteiger partial charge in [0, 0.05) is 28.6 Å². The topological polar surface area (TPSA) is 33.1 Å². The number of aliphatic hydroxyl groups excluding tert-OH is 1. The van der Waals surface area contributed by atoms with Crippen molar-refractivity contribution in [1.29, 1.82) is 0 Å². The molecule has 17 heavy (non-hydrogen) atoms. The van der Waals surface area contributed by atoms with E-state index in [-0.39, 0.29) is 0 Å². The van der Waals surface area contributed by atoms with E-state index in [1.807, 2.05) is 13.0 Å². The number of aryl methyl sites for hydroxylation is 2. The molecule has 1 atom stereocenters. The summed E-state index contributed by atoms with van der Waals surface area (Å²) in [6.45, 7) is 4.14. The van der Waals surface area contributed by atoms with Crippen LogP contribution in [0.2, 0.25) is 0 Å². The first-order valence-electron chi connectivity index (χ1n) is 5.87. The van der Waals surface area contributed by atoms with E-state index in [2.05, 4.69) is 24.0 Å². The lowest BCUT2D eigenvalue weighted by atomic mass is 10.0. The van der Waals surface area contributed by atoms with Crippen LogP contribution in [0.1, 0.15) is 33.9 Å². The van der Waals surface area contributed by atoms with Gasteiger partial charge in [0.2, 0.25) is 0 Å². The number of aromatic nitrogens is 1. The lowest BCUT2D eigenvalue weighted by molar-refractivity contribution is 0.178. The molecule has 2 nitrogen and oxygen atoms in total. The molecule has 0 bridgehead atoms. The Morgan fingerprint density at radius 2 is 2.06 bits per heavy atom. The molecule has 1 N–H and O–H groups in total. The second kappa shape index (κ2) is 5.43. The van der Waals surface area contributed by atoms with Crippen LogP contribution in [-0.2, 0) is 12.8 Å². The number of pyridine rings is 1. The quantitative estimate of drug-likeness (QED) is 0.899. The van der Waals surface area contributed by atoms with Gasteiger partial charge in [0.05, 0.1) is 6.10 Å². The number of hydrogen-bond acceptors (Lipinski definition) is 3. The molecule has 0 aromatic carbocycles. The third kappa shape index (κ3) is 2.93. The first kappa shape index (κ1) is 12.3. The van der Waals surface area contributed by atoms with Gasteiger partial charge in [0.15, 0.2) is 0 Å². The van der Waals surface area contributed by atoms with Crippen molar-refractivity contribution in [1.82, 2.24) is 4.98 Å². The highest BCUT2D eigenvalue weighted by atomic mass is 32.1. The normalized spacial score (nSPS) is 12.6. The number of hydrogen-bond donors (Lipinski definition) is 1. The van der Waals surface area contributed by atoms with Gasteiger partial charge in [-0.05, 0) is 42.7 Å². The van der Waals surface area contributed by atoms with E-state index in [9.17, 15) is 5.11 Å². The third-order valence-electron chi connectivity index (χ3n) is 2.88. The Hall–Kier alpha value is -1.19. The molecule has 2 heterocycles. The van der Waals surface area contributed by atoms with Gasteiger partial charge in [-0.25, -0.2) is 0 Å². The zero-order valence-corrected chi connectivity index (χ0v) is 11.0. The highest BCUT2D eigenvalue weighted by Crippen LogP contribution is 2.25. The van der Waals surface area contributed by atoms with E-state index in [0.29, 0.717) is 6.42 Å². The molecule has 0 fully saturated rings. The summed E-state index contributed by atoms with van der Waals surface area (Å²) in [5, 5.41) is 10.2. The van der Waals surface area contributed by atoms with E-state index in [1.165, 1.54) is 9.75 Å². The zero-order chi connectivity index (χ0) is 12.3. The maximum atomic E-state index is 10.2. The van der Waals surface area contributed by atoms with E-state index in [1.54, 1.807) is 23.7 Å². The maximum Gasteiger partial charge on any atom is 0.0841 e. The van der Waals surface area contributed by atoms with Gasteiger partial charge in [0.1, 0.15) is 0 Å². The lowest BCUT2D eigenvalue weighted by Gasteiger charge is -2.11. The summed E-state index contributed by atoms with van der Waals surface area (Å²) in [4.78, 5) is 6.66. The Kier molecular flexibility index (Phi) is 3.92. The summed E-state index contributed by atoms with van der Waals surface area (Å²) in [5.74, 6) is 0. The van der Waals surface area contributed by atoms with Crippen molar-refractivity contribution in [2.45, 2.75) is 32.8 Å². The van der Waals surface area contributed by atoms with Crippen LogP contribution in [0.3, 0.4) is 0 Å². The summed E-state index contributed by atoms with van der Waals surface area (Å²) in [6.07, 6.45) is 4.85. The number of rotatable bonds is 4. The molecule has 2 aromatic rings. The molecule has 3 heteroatoms. The Bertz CT molecular complexity index is 492. The standard InChI is InChI=1S/C14H17NOS/c1-3-11-4-5-12(17-11)8-14(16)13-6-7-15-9-10(13)2/h4-7,9,14,16H,3,8H2,1-2H3. The second-order valence-electron chi connectivity index (χ2n) is 4.17. The summed E-state index contributed by atoms with van der Waals surface area (Å²) in [7, 11) is 0. The van der Waals surface area contributed by atoms with Crippen LogP contribution in [-0.4, -0.2) is 10.1 Å². The molecule has 2 rings (SSSR count). The predicted molar refractivity (Wildman–Crippen MR) is 71.3 cm³/mol. The molecule has 0 amide bonds. The van der Waals surface area contributed by atoms with Crippen LogP contribution in [0.15, 0.2) is 30.6 Å². The SMILES string of the molecule is CCc1ccc(CC(O)c2ccncc2C)s1. The molecule has 0 saturated heterocycles. The van der Waals surface area contributed by atoms with Gasteiger partial charge in [-0.2, -0.15) is 0 Å². The predicted octanol–water partition coefficient (Wildman–Crippen LogP) is 3.29. The summed E-state index contributed by atoms with van der Waals surface area (Å²) >= 11 is 1.79. The highest BCUT2D eigenvalue weighted by Gasteiger charge is 2.12. The van der Waals surface area contributed by atoms with Gasteiger partial charge in [-0.3, -0.25) is 4.98 Å². The van der Waals surface area contributed by atoms with Gasteiger partial charge in [-0.15, -0.1) is 11.3 Å². The van der Waals surface area contributed by atoms with Crippen molar-refractivity contribution in [3.8, 4) is 0 Å². The first-order chi connectivity index (χ1) is 8.20. The maximum absolute atomic E-state index is 10.2. The van der Waals surface area contributed by atoms with Gasteiger partial charge in [-0.1, -0.05) is 6.92 Å². The summed E-state index contributed by atoms with van der Waals surface area (Å²) in [5.41, 5.74) is 2.03. The third-order valence-corrected chi connectivity index (χ3v) is 4.13. The Labute approximate surface area is 106 Å². The largest absolute Gasteiger partial charge is 0.388 e. The molecule has 0 aliphatic heterocycles. The van der Waals surface area contributed by atoms with Crippen LogP contribution in [0, 0.1) is 6.92 Å². The minimum atomic E-state index is -0.429. The fraction of sp³-hybridized carbons (Fsp3) is 0.357.